The maximum atomic E-state index is 6.05. The number of nitrogens with two attached hydrogens (primary N) is 1. The highest BCUT2D eigenvalue weighted by Crippen LogP contribution is 2.32. The van der Waals surface area contributed by atoms with Crippen LogP contribution in [-0.2, 0) is 6.54 Å². The van der Waals surface area contributed by atoms with Crippen LogP contribution in [0.5, 0.6) is 0 Å². The lowest BCUT2D eigenvalue weighted by atomic mass is 9.89. The number of benzene rings is 2. The van der Waals surface area contributed by atoms with Gasteiger partial charge in [-0.25, -0.2) is 0 Å². The third kappa shape index (κ3) is 3.50. The summed E-state index contributed by atoms with van der Waals surface area (Å²) in [5, 5.41) is 7.66. The van der Waals surface area contributed by atoms with Gasteiger partial charge in [0.2, 0.25) is 0 Å². The number of hydrogen-bond acceptors (Lipinski definition) is 3. The predicted octanol–water partition coefficient (Wildman–Crippen LogP) is 3.25. The summed E-state index contributed by atoms with van der Waals surface area (Å²) in [6.07, 6.45) is 0. The van der Waals surface area contributed by atoms with Crippen molar-refractivity contribution >= 4 is 0 Å². The molecule has 2 heterocycles. The van der Waals surface area contributed by atoms with Crippen molar-refractivity contribution in [3.8, 4) is 11.3 Å². The molecule has 1 aliphatic rings. The fourth-order valence-corrected chi connectivity index (χ4v) is 3.85. The van der Waals surface area contributed by atoms with Gasteiger partial charge in [0.05, 0.1) is 5.69 Å². The van der Waals surface area contributed by atoms with Gasteiger partial charge in [-0.15, -0.1) is 0 Å². The molecule has 25 heavy (non-hydrogen) atoms. The smallest absolute Gasteiger partial charge is 0.0924 e. The number of aromatic nitrogens is 2. The molecular formula is C21H24N4. The second-order valence-electron chi connectivity index (χ2n) is 6.85. The Morgan fingerprint density at radius 1 is 1.00 bits per heavy atom. The first kappa shape index (κ1) is 16.1. The SMILES string of the molecule is NC[C@@H]1CN(Cc2cc(-c3ccccc3)n[nH]2)C[C@H]1c1ccccc1. The van der Waals surface area contributed by atoms with Crippen molar-refractivity contribution in [3.63, 3.8) is 0 Å². The molecule has 0 bridgehead atoms. The molecule has 0 saturated carbocycles. The molecule has 0 amide bonds. The minimum absolute atomic E-state index is 0.513. The molecule has 1 fully saturated rings. The fourth-order valence-electron chi connectivity index (χ4n) is 3.85. The molecule has 1 aliphatic heterocycles. The van der Waals surface area contributed by atoms with Gasteiger partial charge in [-0.05, 0) is 24.1 Å². The zero-order chi connectivity index (χ0) is 17.1. The quantitative estimate of drug-likeness (QED) is 0.754. The van der Waals surface area contributed by atoms with Crippen LogP contribution in [0.2, 0.25) is 0 Å². The first-order valence-corrected chi connectivity index (χ1v) is 8.90. The van der Waals surface area contributed by atoms with Crippen molar-refractivity contribution in [3.05, 3.63) is 78.0 Å². The molecule has 4 nitrogen and oxygen atoms in total. The van der Waals surface area contributed by atoms with Gasteiger partial charge in [0.1, 0.15) is 0 Å². The van der Waals surface area contributed by atoms with Gasteiger partial charge in [-0.3, -0.25) is 10.00 Å². The Morgan fingerprint density at radius 2 is 1.72 bits per heavy atom. The highest BCUT2D eigenvalue weighted by molar-refractivity contribution is 5.58. The van der Waals surface area contributed by atoms with E-state index in [1.54, 1.807) is 0 Å². The van der Waals surface area contributed by atoms with E-state index in [0.29, 0.717) is 11.8 Å². The second-order valence-corrected chi connectivity index (χ2v) is 6.85. The zero-order valence-corrected chi connectivity index (χ0v) is 14.3. The van der Waals surface area contributed by atoms with Crippen LogP contribution in [0, 0.1) is 5.92 Å². The molecular weight excluding hydrogens is 308 g/mol. The van der Waals surface area contributed by atoms with Gasteiger partial charge in [0.15, 0.2) is 0 Å². The molecule has 3 N–H and O–H groups in total. The van der Waals surface area contributed by atoms with Gasteiger partial charge in [0, 0.05) is 36.8 Å². The molecule has 0 aliphatic carbocycles. The molecule has 0 unspecified atom stereocenters. The van der Waals surface area contributed by atoms with Crippen LogP contribution in [0.1, 0.15) is 17.2 Å². The summed E-state index contributed by atoms with van der Waals surface area (Å²) >= 11 is 0. The Bertz CT molecular complexity index is 797. The maximum Gasteiger partial charge on any atom is 0.0924 e. The third-order valence-electron chi connectivity index (χ3n) is 5.14. The van der Waals surface area contributed by atoms with Crippen LogP contribution in [0.3, 0.4) is 0 Å². The van der Waals surface area contributed by atoms with E-state index >= 15 is 0 Å². The van der Waals surface area contributed by atoms with E-state index in [1.807, 2.05) is 18.2 Å². The summed E-state index contributed by atoms with van der Waals surface area (Å²) in [6.45, 7) is 3.70. The Balaban J connectivity index is 1.46. The molecule has 4 heteroatoms. The maximum absolute atomic E-state index is 6.05. The lowest BCUT2D eigenvalue weighted by Gasteiger charge is -2.16. The van der Waals surface area contributed by atoms with Crippen LogP contribution in [0.25, 0.3) is 11.3 Å². The van der Waals surface area contributed by atoms with Crippen molar-refractivity contribution < 1.29 is 0 Å². The predicted molar refractivity (Wildman–Crippen MR) is 101 cm³/mol. The van der Waals surface area contributed by atoms with Crippen LogP contribution in [0.15, 0.2) is 66.7 Å². The molecule has 0 spiro atoms. The number of hydrogen-bond donors (Lipinski definition) is 2. The minimum Gasteiger partial charge on any atom is -0.330 e. The highest BCUT2D eigenvalue weighted by atomic mass is 15.2. The van der Waals surface area contributed by atoms with Crippen LogP contribution >= 0.6 is 0 Å². The Hall–Kier alpha value is -2.43. The van der Waals surface area contributed by atoms with Gasteiger partial charge < -0.3 is 5.73 Å². The molecule has 2 aromatic carbocycles. The van der Waals surface area contributed by atoms with E-state index in [-0.39, 0.29) is 0 Å². The van der Waals surface area contributed by atoms with Crippen LogP contribution < -0.4 is 5.73 Å². The number of rotatable bonds is 5. The highest BCUT2D eigenvalue weighted by Gasteiger charge is 2.32. The van der Waals surface area contributed by atoms with Crippen molar-refractivity contribution in [1.29, 1.82) is 0 Å². The van der Waals surface area contributed by atoms with E-state index in [4.69, 9.17) is 5.73 Å². The van der Waals surface area contributed by atoms with Crippen molar-refractivity contribution in [2.24, 2.45) is 11.7 Å². The van der Waals surface area contributed by atoms with Crippen LogP contribution in [0.4, 0.5) is 0 Å². The number of aromatic amines is 1. The second kappa shape index (κ2) is 7.21. The van der Waals surface area contributed by atoms with Gasteiger partial charge in [-0.1, -0.05) is 60.7 Å². The van der Waals surface area contributed by atoms with Crippen molar-refractivity contribution in [2.75, 3.05) is 19.6 Å². The van der Waals surface area contributed by atoms with Crippen molar-refractivity contribution in [2.45, 2.75) is 12.5 Å². The first-order valence-electron chi connectivity index (χ1n) is 8.90. The molecule has 3 aromatic rings. The first-order chi connectivity index (χ1) is 12.3. The topological polar surface area (TPSA) is 57.9 Å². The molecule has 4 rings (SSSR count). The summed E-state index contributed by atoms with van der Waals surface area (Å²) in [7, 11) is 0. The summed E-state index contributed by atoms with van der Waals surface area (Å²) in [5.41, 5.74) is 10.8. The monoisotopic (exact) mass is 332 g/mol. The summed E-state index contributed by atoms with van der Waals surface area (Å²) < 4.78 is 0. The normalized spacial score (nSPS) is 20.8. The number of H-pyrrole nitrogens is 1. The average Bonchev–Trinajstić information content (AvgIpc) is 3.30. The summed E-state index contributed by atoms with van der Waals surface area (Å²) in [6, 6.07) is 23.2. The van der Waals surface area contributed by atoms with Crippen LogP contribution in [-0.4, -0.2) is 34.7 Å². The average molecular weight is 332 g/mol. The van der Waals surface area contributed by atoms with Crippen molar-refractivity contribution in [1.82, 2.24) is 15.1 Å². The number of nitrogens with zero attached hydrogens (tertiary/aromatic N) is 2. The lowest BCUT2D eigenvalue weighted by molar-refractivity contribution is 0.313. The summed E-state index contributed by atoms with van der Waals surface area (Å²) in [4.78, 5) is 2.48. The van der Waals surface area contributed by atoms with E-state index in [1.165, 1.54) is 5.56 Å². The standard InChI is InChI=1S/C21H24N4/c22-12-18-13-25(15-20(18)16-7-3-1-4-8-16)14-19-11-21(24-23-19)17-9-5-2-6-10-17/h1-11,18,20H,12-15,22H2,(H,23,24)/t18-,20+/m1/s1. The molecule has 128 valence electrons. The third-order valence-corrected chi connectivity index (χ3v) is 5.14. The zero-order valence-electron chi connectivity index (χ0n) is 14.3. The molecule has 1 saturated heterocycles. The minimum atomic E-state index is 0.513. The molecule has 2 atom stereocenters. The molecule has 1 aromatic heterocycles. The van der Waals surface area contributed by atoms with E-state index in [2.05, 4.69) is 63.6 Å². The Morgan fingerprint density at radius 3 is 2.44 bits per heavy atom. The van der Waals surface area contributed by atoms with E-state index in [0.717, 1.165) is 43.1 Å². The largest absolute Gasteiger partial charge is 0.330 e. The molecule has 0 radical (unpaired) electrons. The van der Waals surface area contributed by atoms with E-state index < -0.39 is 0 Å². The van der Waals surface area contributed by atoms with Gasteiger partial charge in [-0.2, -0.15) is 5.10 Å². The Kier molecular flexibility index (Phi) is 4.63. The number of likely N-dealkylation sites (tertiary alicyclic amines) is 1. The van der Waals surface area contributed by atoms with Gasteiger partial charge in [0.25, 0.3) is 0 Å². The number of nitrogens with one attached hydrogen (secondary N) is 1. The Labute approximate surface area is 148 Å². The summed E-state index contributed by atoms with van der Waals surface area (Å²) in [5.74, 6) is 1.03. The fraction of sp³-hybridized carbons (Fsp3) is 0.286. The van der Waals surface area contributed by atoms with E-state index in [9.17, 15) is 0 Å². The lowest BCUT2D eigenvalue weighted by Crippen LogP contribution is -2.23. The van der Waals surface area contributed by atoms with Gasteiger partial charge >= 0.3 is 0 Å².